The Kier molecular flexibility index (Phi) is 8.39. The maximum absolute atomic E-state index is 12.4. The van der Waals surface area contributed by atoms with Gasteiger partial charge in [0.15, 0.2) is 5.78 Å². The van der Waals surface area contributed by atoms with Gasteiger partial charge in [0.1, 0.15) is 6.04 Å². The van der Waals surface area contributed by atoms with Crippen LogP contribution in [-0.2, 0) is 20.8 Å². The largest absolute Gasteiger partial charge is 0.480 e. The highest BCUT2D eigenvalue weighted by Gasteiger charge is 2.36. The van der Waals surface area contributed by atoms with Crippen molar-refractivity contribution in [3.05, 3.63) is 35.4 Å². The van der Waals surface area contributed by atoms with Crippen LogP contribution in [0.5, 0.6) is 0 Å². The Bertz CT molecular complexity index is 697. The Labute approximate surface area is 155 Å². The minimum absolute atomic E-state index is 0.0816. The van der Waals surface area contributed by atoms with Crippen molar-refractivity contribution < 1.29 is 24.3 Å². The molecule has 0 aliphatic heterocycles. The molecule has 26 heavy (non-hydrogen) atoms. The second-order valence-corrected chi connectivity index (χ2v) is 5.80. The molecule has 0 heterocycles. The third kappa shape index (κ3) is 5.11. The van der Waals surface area contributed by atoms with Crippen LogP contribution in [0.3, 0.4) is 0 Å². The Morgan fingerprint density at radius 1 is 1.12 bits per heavy atom. The smallest absolute Gasteiger partial charge is 0.327 e. The van der Waals surface area contributed by atoms with E-state index in [2.05, 4.69) is 12.6 Å². The molecular weight excluding hydrogens is 360 g/mol. The summed E-state index contributed by atoms with van der Waals surface area (Å²) in [6, 6.07) is 3.50. The molecule has 0 saturated carbocycles. The number of carbonyl (C=O) groups excluding carboxylic acids is 3. The molecule has 10 heteroatoms. The maximum Gasteiger partial charge on any atom is 0.327 e. The van der Waals surface area contributed by atoms with Crippen molar-refractivity contribution >= 4 is 36.2 Å². The summed E-state index contributed by atoms with van der Waals surface area (Å²) in [5.74, 6) is -3.68. The van der Waals surface area contributed by atoms with Crippen molar-refractivity contribution in [3.8, 4) is 0 Å². The van der Waals surface area contributed by atoms with Gasteiger partial charge in [0.2, 0.25) is 11.8 Å². The Morgan fingerprint density at radius 3 is 2.23 bits per heavy atom. The highest BCUT2D eigenvalue weighted by molar-refractivity contribution is 7.80. The van der Waals surface area contributed by atoms with E-state index in [1.165, 1.54) is 12.1 Å². The maximum atomic E-state index is 12.4. The van der Waals surface area contributed by atoms with E-state index < -0.39 is 36.4 Å². The van der Waals surface area contributed by atoms with Crippen molar-refractivity contribution in [1.82, 2.24) is 4.90 Å². The number of rotatable bonds is 9. The lowest BCUT2D eigenvalue weighted by molar-refractivity contribution is -0.157. The molecule has 2 unspecified atom stereocenters. The normalized spacial score (nSPS) is 12.9. The van der Waals surface area contributed by atoms with Gasteiger partial charge >= 0.3 is 5.97 Å². The van der Waals surface area contributed by atoms with Crippen molar-refractivity contribution in [3.63, 3.8) is 0 Å². The molecule has 0 spiro atoms. The minimum Gasteiger partial charge on any atom is -0.480 e. The summed E-state index contributed by atoms with van der Waals surface area (Å²) in [5, 5.41) is 9.58. The zero-order valence-electron chi connectivity index (χ0n) is 14.0. The Morgan fingerprint density at radius 2 is 1.73 bits per heavy atom. The number of thiol groups is 1. The van der Waals surface area contributed by atoms with Gasteiger partial charge in [-0.05, 0) is 5.56 Å². The SMILES string of the molecule is NCC(=O)c1ccccc1CC(C(=O)O)N(C(=O)CN)C(=O)C(N)CS. The van der Waals surface area contributed by atoms with Gasteiger partial charge in [0, 0.05) is 17.7 Å². The Hall–Kier alpha value is -2.27. The number of carbonyl (C=O) groups is 4. The number of imide groups is 1. The van der Waals surface area contributed by atoms with Crippen molar-refractivity contribution in [2.24, 2.45) is 17.2 Å². The number of carboxylic acids is 1. The number of amides is 2. The number of Topliss-reactive ketones (excluding diaryl/α,β-unsaturated/α-hetero) is 1. The molecule has 0 radical (unpaired) electrons. The summed E-state index contributed by atoms with van der Waals surface area (Å²) < 4.78 is 0. The number of benzene rings is 1. The first-order valence-electron chi connectivity index (χ1n) is 7.74. The number of nitrogens with two attached hydrogens (primary N) is 3. The van der Waals surface area contributed by atoms with E-state index in [1.54, 1.807) is 12.1 Å². The number of hydrogen-bond donors (Lipinski definition) is 5. The van der Waals surface area contributed by atoms with Crippen LogP contribution in [0.4, 0.5) is 0 Å². The average molecular weight is 382 g/mol. The fraction of sp³-hybridized carbons (Fsp3) is 0.375. The first kappa shape index (κ1) is 21.8. The average Bonchev–Trinajstić information content (AvgIpc) is 2.65. The number of ketones is 1. The fourth-order valence-electron chi connectivity index (χ4n) is 2.38. The molecule has 7 N–H and O–H groups in total. The van der Waals surface area contributed by atoms with Gasteiger partial charge in [-0.1, -0.05) is 24.3 Å². The quantitative estimate of drug-likeness (QED) is 0.251. The summed E-state index contributed by atoms with van der Waals surface area (Å²) in [7, 11) is 0. The molecule has 0 fully saturated rings. The molecule has 0 aliphatic carbocycles. The van der Waals surface area contributed by atoms with E-state index in [0.29, 0.717) is 10.5 Å². The first-order valence-corrected chi connectivity index (χ1v) is 8.38. The zero-order chi connectivity index (χ0) is 19.9. The van der Waals surface area contributed by atoms with Gasteiger partial charge in [-0.15, -0.1) is 0 Å². The summed E-state index contributed by atoms with van der Waals surface area (Å²) in [6.45, 7) is -0.832. The lowest BCUT2D eigenvalue weighted by Gasteiger charge is -2.29. The minimum atomic E-state index is -1.57. The third-order valence-electron chi connectivity index (χ3n) is 3.71. The summed E-state index contributed by atoms with van der Waals surface area (Å²) >= 11 is 3.90. The number of aliphatic carboxylic acids is 1. The lowest BCUT2D eigenvalue weighted by atomic mass is 9.96. The van der Waals surface area contributed by atoms with Crippen LogP contribution in [0.25, 0.3) is 0 Å². The highest BCUT2D eigenvalue weighted by atomic mass is 32.1. The first-order chi connectivity index (χ1) is 12.3. The van der Waals surface area contributed by atoms with E-state index in [0.717, 1.165) is 0 Å². The molecule has 1 aromatic rings. The molecule has 1 rings (SSSR count). The van der Waals surface area contributed by atoms with Crippen LogP contribution in [0, 0.1) is 0 Å². The molecule has 0 saturated heterocycles. The van der Waals surface area contributed by atoms with E-state index in [4.69, 9.17) is 17.2 Å². The molecule has 142 valence electrons. The van der Waals surface area contributed by atoms with Gasteiger partial charge in [0.25, 0.3) is 0 Å². The number of hydrogen-bond acceptors (Lipinski definition) is 8. The van der Waals surface area contributed by atoms with Crippen molar-refractivity contribution in [2.75, 3.05) is 18.8 Å². The molecular formula is C16H22N4O5S. The summed E-state index contributed by atoms with van der Waals surface area (Å²) in [6.07, 6.45) is -0.284. The van der Waals surface area contributed by atoms with Gasteiger partial charge in [-0.25, -0.2) is 4.79 Å². The van der Waals surface area contributed by atoms with Crippen LogP contribution in [0.1, 0.15) is 15.9 Å². The third-order valence-corrected chi connectivity index (χ3v) is 4.10. The van der Waals surface area contributed by atoms with E-state index in [1.807, 2.05) is 0 Å². The summed E-state index contributed by atoms with van der Waals surface area (Å²) in [4.78, 5) is 48.8. The van der Waals surface area contributed by atoms with E-state index in [9.17, 15) is 24.3 Å². The molecule has 0 aliphatic rings. The van der Waals surface area contributed by atoms with Gasteiger partial charge in [-0.3, -0.25) is 19.3 Å². The monoisotopic (exact) mass is 382 g/mol. The van der Waals surface area contributed by atoms with E-state index >= 15 is 0 Å². The van der Waals surface area contributed by atoms with Crippen LogP contribution in [0.15, 0.2) is 24.3 Å². The fourth-order valence-corrected chi connectivity index (χ4v) is 2.54. The molecule has 2 amide bonds. The predicted octanol–water partition coefficient (Wildman–Crippen LogP) is -1.61. The molecule has 9 nitrogen and oxygen atoms in total. The molecule has 0 bridgehead atoms. The standard InChI is InChI=1S/C16H22N4O5S/c17-6-13(21)10-4-2-1-3-9(10)5-12(16(24)25)20(14(22)7-18)15(23)11(19)8-26/h1-4,11-12,26H,5-8,17-19H2,(H,24,25). The van der Waals surface area contributed by atoms with Gasteiger partial charge < -0.3 is 22.3 Å². The van der Waals surface area contributed by atoms with Gasteiger partial charge in [-0.2, -0.15) is 12.6 Å². The Balaban J connectivity index is 3.33. The van der Waals surface area contributed by atoms with Crippen molar-refractivity contribution in [2.45, 2.75) is 18.5 Å². The van der Waals surface area contributed by atoms with Gasteiger partial charge in [0.05, 0.1) is 19.1 Å². The second-order valence-electron chi connectivity index (χ2n) is 5.44. The van der Waals surface area contributed by atoms with Crippen LogP contribution < -0.4 is 17.2 Å². The lowest BCUT2D eigenvalue weighted by Crippen LogP contribution is -2.57. The molecule has 0 aromatic heterocycles. The number of carboxylic acid groups (broad SMARTS) is 1. The molecule has 2 atom stereocenters. The van der Waals surface area contributed by atoms with Crippen molar-refractivity contribution in [1.29, 1.82) is 0 Å². The molecule has 1 aromatic carbocycles. The van der Waals surface area contributed by atoms with Crippen LogP contribution >= 0.6 is 12.6 Å². The predicted molar refractivity (Wildman–Crippen MR) is 97.7 cm³/mol. The van der Waals surface area contributed by atoms with Crippen LogP contribution in [-0.4, -0.2) is 64.5 Å². The zero-order valence-corrected chi connectivity index (χ0v) is 14.9. The second kappa shape index (κ2) is 10.0. The van der Waals surface area contributed by atoms with E-state index in [-0.39, 0.29) is 30.1 Å². The number of nitrogens with zero attached hydrogens (tertiary/aromatic N) is 1. The highest BCUT2D eigenvalue weighted by Crippen LogP contribution is 2.16. The summed E-state index contributed by atoms with van der Waals surface area (Å²) in [5.41, 5.74) is 16.9. The van der Waals surface area contributed by atoms with Crippen LogP contribution in [0.2, 0.25) is 0 Å². The topological polar surface area (TPSA) is 170 Å².